The number of rotatable bonds is 8. The van der Waals surface area contributed by atoms with E-state index >= 15 is 0 Å². The van der Waals surface area contributed by atoms with E-state index < -0.39 is 0 Å². The molecule has 1 aromatic carbocycles. The van der Waals surface area contributed by atoms with Crippen molar-refractivity contribution in [2.45, 2.75) is 31.5 Å². The molecule has 148 valence electrons. The minimum absolute atomic E-state index is 0.0734. The Labute approximate surface area is 165 Å². The van der Waals surface area contributed by atoms with Crippen molar-refractivity contribution in [2.24, 2.45) is 0 Å². The summed E-state index contributed by atoms with van der Waals surface area (Å²) in [6.07, 6.45) is 1.80. The summed E-state index contributed by atoms with van der Waals surface area (Å²) in [6.45, 7) is 2.54. The predicted octanol–water partition coefficient (Wildman–Crippen LogP) is 0.799. The third kappa shape index (κ3) is 4.01. The molecule has 0 saturated heterocycles. The molecule has 2 aromatic heterocycles. The molecule has 0 spiro atoms. The zero-order valence-corrected chi connectivity index (χ0v) is 16.6. The lowest BCUT2D eigenvalue weighted by Crippen LogP contribution is -2.36. The molecular formula is C18H22N6O3S. The average Bonchev–Trinajstić information content (AvgIpc) is 3.14. The van der Waals surface area contributed by atoms with Gasteiger partial charge in [0, 0.05) is 13.6 Å². The van der Waals surface area contributed by atoms with Crippen LogP contribution >= 0.6 is 11.8 Å². The minimum Gasteiger partial charge on any atom is -0.358 e. The van der Waals surface area contributed by atoms with Crippen LogP contribution in [0.4, 0.5) is 0 Å². The Balaban J connectivity index is 1.94. The van der Waals surface area contributed by atoms with E-state index in [0.29, 0.717) is 28.4 Å². The van der Waals surface area contributed by atoms with Gasteiger partial charge < -0.3 is 10.6 Å². The smallest absolute Gasteiger partial charge is 0.262 e. The van der Waals surface area contributed by atoms with Crippen LogP contribution < -0.4 is 16.2 Å². The van der Waals surface area contributed by atoms with Crippen LogP contribution in [0.1, 0.15) is 19.8 Å². The van der Waals surface area contributed by atoms with Crippen molar-refractivity contribution in [1.82, 2.24) is 29.8 Å². The maximum absolute atomic E-state index is 12.9. The molecule has 2 amide bonds. The number of nitrogens with one attached hydrogen (secondary N) is 2. The Kier molecular flexibility index (Phi) is 6.30. The minimum atomic E-state index is -0.283. The van der Waals surface area contributed by atoms with Crippen LogP contribution in [0.15, 0.2) is 34.2 Å². The fourth-order valence-electron chi connectivity index (χ4n) is 2.79. The maximum Gasteiger partial charge on any atom is 0.262 e. The van der Waals surface area contributed by atoms with E-state index in [1.165, 1.54) is 18.8 Å². The Morgan fingerprint density at radius 3 is 2.71 bits per heavy atom. The Bertz CT molecular complexity index is 1070. The number of benzene rings is 1. The van der Waals surface area contributed by atoms with Gasteiger partial charge in [-0.2, -0.15) is 0 Å². The molecule has 0 unspecified atom stereocenters. The fourth-order valence-corrected chi connectivity index (χ4v) is 3.56. The van der Waals surface area contributed by atoms with E-state index in [1.54, 1.807) is 10.6 Å². The third-order valence-electron chi connectivity index (χ3n) is 4.27. The summed E-state index contributed by atoms with van der Waals surface area (Å²) in [7, 11) is 1.51. The second kappa shape index (κ2) is 8.87. The molecular weight excluding hydrogens is 380 g/mol. The number of aromatic nitrogens is 4. The Morgan fingerprint density at radius 1 is 1.18 bits per heavy atom. The van der Waals surface area contributed by atoms with Crippen molar-refractivity contribution in [3.63, 3.8) is 0 Å². The zero-order valence-electron chi connectivity index (χ0n) is 15.8. The van der Waals surface area contributed by atoms with E-state index in [4.69, 9.17) is 0 Å². The monoisotopic (exact) mass is 402 g/mol. The Morgan fingerprint density at radius 2 is 1.96 bits per heavy atom. The second-order valence-electron chi connectivity index (χ2n) is 6.18. The summed E-state index contributed by atoms with van der Waals surface area (Å²) in [4.78, 5) is 36.1. The average molecular weight is 402 g/mol. The van der Waals surface area contributed by atoms with Crippen molar-refractivity contribution >= 4 is 40.3 Å². The molecule has 0 fully saturated rings. The first-order valence-electron chi connectivity index (χ1n) is 9.03. The summed E-state index contributed by atoms with van der Waals surface area (Å²) >= 11 is 1.21. The highest BCUT2D eigenvalue weighted by Gasteiger charge is 2.17. The number of carbonyl (C=O) groups excluding carboxylic acids is 2. The van der Waals surface area contributed by atoms with E-state index in [0.717, 1.165) is 12.8 Å². The van der Waals surface area contributed by atoms with E-state index in [2.05, 4.69) is 27.8 Å². The van der Waals surface area contributed by atoms with Crippen molar-refractivity contribution < 1.29 is 9.59 Å². The number of likely N-dealkylation sites (N-methyl/N-ethyl adjacent to an activating group) is 1. The van der Waals surface area contributed by atoms with Crippen molar-refractivity contribution in [1.29, 1.82) is 0 Å². The summed E-state index contributed by atoms with van der Waals surface area (Å²) in [6, 6.07) is 7.29. The number of hydrogen-bond acceptors (Lipinski definition) is 6. The number of unbranched alkanes of at least 4 members (excludes halogenated alkanes) is 1. The molecule has 2 N–H and O–H groups in total. The first-order chi connectivity index (χ1) is 13.6. The van der Waals surface area contributed by atoms with Crippen LogP contribution in [-0.2, 0) is 16.1 Å². The van der Waals surface area contributed by atoms with Gasteiger partial charge in [0.25, 0.3) is 5.56 Å². The van der Waals surface area contributed by atoms with Crippen LogP contribution in [0.25, 0.3) is 16.7 Å². The number of fused-ring (bicyclic) bond motifs is 3. The van der Waals surface area contributed by atoms with Gasteiger partial charge in [-0.1, -0.05) is 37.2 Å². The van der Waals surface area contributed by atoms with Crippen LogP contribution in [0.3, 0.4) is 0 Å². The summed E-state index contributed by atoms with van der Waals surface area (Å²) < 4.78 is 3.44. The Hall–Kier alpha value is -2.88. The molecule has 10 heteroatoms. The lowest BCUT2D eigenvalue weighted by molar-refractivity contribution is -0.124. The molecule has 3 rings (SSSR count). The van der Waals surface area contributed by atoms with Crippen LogP contribution in [0, 0.1) is 0 Å². The number of para-hydroxylation sites is 1. The van der Waals surface area contributed by atoms with Gasteiger partial charge in [0.1, 0.15) is 0 Å². The highest BCUT2D eigenvalue weighted by atomic mass is 32.2. The van der Waals surface area contributed by atoms with Crippen molar-refractivity contribution in [3.8, 4) is 0 Å². The van der Waals surface area contributed by atoms with Gasteiger partial charge >= 0.3 is 0 Å². The largest absolute Gasteiger partial charge is 0.358 e. The fraction of sp³-hybridized carbons (Fsp3) is 0.389. The van der Waals surface area contributed by atoms with E-state index in [-0.39, 0.29) is 29.7 Å². The summed E-state index contributed by atoms with van der Waals surface area (Å²) in [5, 5.41) is 14.5. The summed E-state index contributed by atoms with van der Waals surface area (Å²) in [5.41, 5.74) is 0.609. The third-order valence-corrected chi connectivity index (χ3v) is 5.20. The van der Waals surface area contributed by atoms with Gasteiger partial charge in [-0.05, 0) is 18.6 Å². The summed E-state index contributed by atoms with van der Waals surface area (Å²) in [5.74, 6) is -0.00296. The van der Waals surface area contributed by atoms with Crippen LogP contribution in [0.5, 0.6) is 0 Å². The number of hydrogen-bond donors (Lipinski definition) is 2. The molecule has 0 saturated carbocycles. The zero-order chi connectivity index (χ0) is 20.1. The van der Waals surface area contributed by atoms with Crippen molar-refractivity contribution in [3.05, 3.63) is 34.6 Å². The van der Waals surface area contributed by atoms with E-state index in [9.17, 15) is 14.4 Å². The molecule has 28 heavy (non-hydrogen) atoms. The lowest BCUT2D eigenvalue weighted by atomic mass is 10.2. The molecule has 0 aliphatic rings. The second-order valence-corrected chi connectivity index (χ2v) is 7.13. The highest BCUT2D eigenvalue weighted by molar-refractivity contribution is 7.99. The molecule has 0 atom stereocenters. The van der Waals surface area contributed by atoms with Crippen LogP contribution in [-0.4, -0.2) is 50.3 Å². The van der Waals surface area contributed by atoms with Gasteiger partial charge in [-0.3, -0.25) is 23.4 Å². The van der Waals surface area contributed by atoms with Gasteiger partial charge in [0.15, 0.2) is 5.16 Å². The number of aryl methyl sites for hydroxylation is 1. The van der Waals surface area contributed by atoms with E-state index in [1.807, 2.05) is 22.6 Å². The maximum atomic E-state index is 12.9. The highest BCUT2D eigenvalue weighted by Crippen LogP contribution is 2.21. The van der Waals surface area contributed by atoms with Gasteiger partial charge in [0.05, 0.1) is 23.2 Å². The predicted molar refractivity (Wildman–Crippen MR) is 107 cm³/mol. The standard InChI is InChI=1S/C18H22N6O3S/c1-3-4-9-23-16(27)12-7-5-6-8-13(12)24-17(23)21-22-18(24)28-11-15(26)20-10-14(25)19-2/h5-8H,3-4,9-11H2,1-2H3,(H,19,25)(H,20,26). The normalized spacial score (nSPS) is 11.1. The van der Waals surface area contributed by atoms with Gasteiger partial charge in [0.2, 0.25) is 17.6 Å². The first kappa shape index (κ1) is 19.9. The van der Waals surface area contributed by atoms with Crippen LogP contribution in [0.2, 0.25) is 0 Å². The molecule has 0 aliphatic carbocycles. The number of amides is 2. The molecule has 0 bridgehead atoms. The lowest BCUT2D eigenvalue weighted by Gasteiger charge is -2.10. The molecule has 0 aliphatic heterocycles. The SMILES string of the molecule is CCCCn1c(=O)c2ccccc2n2c(SCC(=O)NCC(=O)NC)nnc12. The molecule has 3 aromatic rings. The molecule has 2 heterocycles. The first-order valence-corrected chi connectivity index (χ1v) is 10.0. The van der Waals surface area contributed by atoms with Gasteiger partial charge in [-0.25, -0.2) is 0 Å². The van der Waals surface area contributed by atoms with Gasteiger partial charge in [-0.15, -0.1) is 10.2 Å². The number of carbonyl (C=O) groups is 2. The molecule has 0 radical (unpaired) electrons. The van der Waals surface area contributed by atoms with Crippen molar-refractivity contribution in [2.75, 3.05) is 19.3 Å². The number of thioether (sulfide) groups is 1. The molecule has 9 nitrogen and oxygen atoms in total. The quantitative estimate of drug-likeness (QED) is 0.539. The topological polar surface area (TPSA) is 110 Å². The number of nitrogens with zero attached hydrogens (tertiary/aromatic N) is 4.